The molecule has 20 heavy (non-hydrogen) atoms. The molecule has 110 valence electrons. The van der Waals surface area contributed by atoms with E-state index in [0.717, 1.165) is 19.4 Å². The number of anilines is 1. The largest absolute Gasteiger partial charge is 0.497 e. The molecule has 1 heterocycles. The molecule has 1 aromatic rings. The zero-order chi connectivity index (χ0) is 14.8. The van der Waals surface area contributed by atoms with E-state index in [1.165, 1.54) is 0 Å². The van der Waals surface area contributed by atoms with Crippen LogP contribution in [0.15, 0.2) is 18.2 Å². The Morgan fingerprint density at radius 1 is 1.40 bits per heavy atom. The van der Waals surface area contributed by atoms with Gasteiger partial charge in [0.2, 0.25) is 0 Å². The van der Waals surface area contributed by atoms with Crippen LogP contribution < -0.4 is 10.5 Å². The number of ether oxygens (including phenoxy) is 2. The van der Waals surface area contributed by atoms with E-state index in [2.05, 4.69) is 0 Å². The van der Waals surface area contributed by atoms with Crippen molar-refractivity contribution in [2.75, 3.05) is 33.0 Å². The summed E-state index contributed by atoms with van der Waals surface area (Å²) in [6.07, 6.45) is 1.90. The summed E-state index contributed by atoms with van der Waals surface area (Å²) in [4.78, 5) is 14.4. The number of methoxy groups -OCH3 is 2. The normalized spacial score (nSPS) is 22.6. The summed E-state index contributed by atoms with van der Waals surface area (Å²) in [5.74, 6) is 0.604. The highest BCUT2D eigenvalue weighted by atomic mass is 16.5. The molecule has 2 N–H and O–H groups in total. The Balaban J connectivity index is 2.19. The number of rotatable bonds is 3. The van der Waals surface area contributed by atoms with Gasteiger partial charge in [0.05, 0.1) is 18.3 Å². The summed E-state index contributed by atoms with van der Waals surface area (Å²) < 4.78 is 10.6. The van der Waals surface area contributed by atoms with Crippen LogP contribution >= 0.6 is 0 Å². The van der Waals surface area contributed by atoms with Gasteiger partial charge in [0.25, 0.3) is 5.91 Å². The van der Waals surface area contributed by atoms with Gasteiger partial charge in [-0.2, -0.15) is 0 Å². The van der Waals surface area contributed by atoms with Gasteiger partial charge in [-0.1, -0.05) is 0 Å². The van der Waals surface area contributed by atoms with Crippen LogP contribution in [0.5, 0.6) is 5.75 Å². The van der Waals surface area contributed by atoms with Crippen LogP contribution in [-0.2, 0) is 4.74 Å². The summed E-state index contributed by atoms with van der Waals surface area (Å²) in [7, 11) is 3.26. The van der Waals surface area contributed by atoms with Crippen LogP contribution in [0.2, 0.25) is 0 Å². The van der Waals surface area contributed by atoms with Crippen LogP contribution in [0, 0.1) is 0 Å². The van der Waals surface area contributed by atoms with Crippen LogP contribution in [0.25, 0.3) is 0 Å². The topological polar surface area (TPSA) is 64.8 Å². The number of nitrogens with zero attached hydrogens (tertiary/aromatic N) is 1. The third-order valence-electron chi connectivity index (χ3n) is 3.93. The summed E-state index contributed by atoms with van der Waals surface area (Å²) >= 11 is 0. The van der Waals surface area contributed by atoms with Crippen molar-refractivity contribution in [2.45, 2.75) is 25.4 Å². The Hall–Kier alpha value is -1.75. The maximum absolute atomic E-state index is 12.6. The zero-order valence-corrected chi connectivity index (χ0v) is 12.3. The lowest BCUT2D eigenvalue weighted by molar-refractivity contribution is -0.0439. The van der Waals surface area contributed by atoms with Crippen molar-refractivity contribution in [3.63, 3.8) is 0 Å². The summed E-state index contributed by atoms with van der Waals surface area (Å²) in [5.41, 5.74) is 6.64. The molecule has 1 atom stereocenters. The minimum Gasteiger partial charge on any atom is -0.497 e. The van der Waals surface area contributed by atoms with Gasteiger partial charge in [-0.15, -0.1) is 0 Å². The van der Waals surface area contributed by atoms with Crippen LogP contribution in [0.4, 0.5) is 5.69 Å². The lowest BCUT2D eigenvalue weighted by Crippen LogP contribution is -2.49. The molecule has 0 spiro atoms. The number of hydrogen-bond acceptors (Lipinski definition) is 4. The Kier molecular flexibility index (Phi) is 4.18. The van der Waals surface area contributed by atoms with Gasteiger partial charge in [-0.25, -0.2) is 0 Å². The second kappa shape index (κ2) is 5.71. The predicted molar refractivity (Wildman–Crippen MR) is 78.0 cm³/mol. The second-order valence-corrected chi connectivity index (χ2v) is 5.44. The number of nitrogens with two attached hydrogens (primary N) is 1. The van der Waals surface area contributed by atoms with Crippen LogP contribution in [0.3, 0.4) is 0 Å². The summed E-state index contributed by atoms with van der Waals surface area (Å²) in [6.45, 7) is 3.36. The first-order chi connectivity index (χ1) is 9.49. The molecule has 1 aromatic carbocycles. The molecule has 0 aliphatic carbocycles. The number of hydrogen-bond donors (Lipinski definition) is 1. The molecule has 0 bridgehead atoms. The minimum atomic E-state index is -0.269. The number of likely N-dealkylation sites (tertiary alicyclic amines) is 1. The fourth-order valence-corrected chi connectivity index (χ4v) is 2.58. The third-order valence-corrected chi connectivity index (χ3v) is 3.93. The smallest absolute Gasteiger partial charge is 0.256 e. The molecule has 0 saturated carbocycles. The number of nitrogen functional groups attached to an aromatic ring is 1. The average Bonchev–Trinajstić information content (AvgIpc) is 2.46. The van der Waals surface area contributed by atoms with E-state index in [9.17, 15) is 4.79 Å². The molecular weight excluding hydrogens is 256 g/mol. The highest BCUT2D eigenvalue weighted by molar-refractivity contribution is 5.99. The van der Waals surface area contributed by atoms with Gasteiger partial charge in [0.1, 0.15) is 5.75 Å². The molecule has 1 aliphatic heterocycles. The number of carbonyl (C=O) groups is 1. The fourth-order valence-electron chi connectivity index (χ4n) is 2.58. The van der Waals surface area contributed by atoms with Crippen LogP contribution in [-0.4, -0.2) is 43.7 Å². The molecule has 1 amide bonds. The van der Waals surface area contributed by atoms with E-state index in [1.54, 1.807) is 32.4 Å². The Morgan fingerprint density at radius 3 is 2.75 bits per heavy atom. The first kappa shape index (κ1) is 14.7. The lowest BCUT2D eigenvalue weighted by atomic mass is 9.94. The lowest BCUT2D eigenvalue weighted by Gasteiger charge is -2.39. The highest BCUT2D eigenvalue weighted by Gasteiger charge is 2.33. The summed E-state index contributed by atoms with van der Waals surface area (Å²) in [5, 5.41) is 0. The van der Waals surface area contributed by atoms with Crippen LogP contribution in [0.1, 0.15) is 30.1 Å². The maximum Gasteiger partial charge on any atom is 0.256 e. The second-order valence-electron chi connectivity index (χ2n) is 5.44. The molecule has 5 heteroatoms. The fraction of sp³-hybridized carbons (Fsp3) is 0.533. The van der Waals surface area contributed by atoms with E-state index in [4.69, 9.17) is 15.2 Å². The molecule has 0 aromatic heterocycles. The average molecular weight is 278 g/mol. The number of amides is 1. The Morgan fingerprint density at radius 2 is 2.15 bits per heavy atom. The third kappa shape index (κ3) is 2.88. The predicted octanol–water partition coefficient (Wildman–Crippen LogP) is 1.92. The molecule has 1 aliphatic rings. The first-order valence-corrected chi connectivity index (χ1v) is 6.77. The van der Waals surface area contributed by atoms with Gasteiger partial charge in [-0.3, -0.25) is 4.79 Å². The van der Waals surface area contributed by atoms with Gasteiger partial charge >= 0.3 is 0 Å². The standard InChI is InChI=1S/C15H22N2O3/c1-15(20-3)7-4-8-17(10-15)14(18)12-6-5-11(19-2)9-13(12)16/h5-6,9H,4,7-8,10,16H2,1-3H3. The first-order valence-electron chi connectivity index (χ1n) is 6.77. The van der Waals surface area contributed by atoms with E-state index in [1.807, 2.05) is 11.8 Å². The monoisotopic (exact) mass is 278 g/mol. The molecular formula is C15H22N2O3. The van der Waals surface area contributed by atoms with Crippen molar-refractivity contribution in [3.8, 4) is 5.75 Å². The molecule has 5 nitrogen and oxygen atoms in total. The number of benzene rings is 1. The number of carbonyl (C=O) groups excluding carboxylic acids is 1. The van der Waals surface area contributed by atoms with Gasteiger partial charge < -0.3 is 20.1 Å². The maximum atomic E-state index is 12.6. The van der Waals surface area contributed by atoms with Crippen molar-refractivity contribution < 1.29 is 14.3 Å². The molecule has 1 saturated heterocycles. The zero-order valence-electron chi connectivity index (χ0n) is 12.3. The van der Waals surface area contributed by atoms with Crippen molar-refractivity contribution >= 4 is 11.6 Å². The van der Waals surface area contributed by atoms with E-state index in [0.29, 0.717) is 23.5 Å². The summed E-state index contributed by atoms with van der Waals surface area (Å²) in [6, 6.07) is 5.14. The molecule has 2 rings (SSSR count). The van der Waals surface area contributed by atoms with Crippen molar-refractivity contribution in [1.29, 1.82) is 0 Å². The minimum absolute atomic E-state index is 0.0480. The molecule has 1 unspecified atom stereocenters. The van der Waals surface area contributed by atoms with Gasteiger partial charge in [-0.05, 0) is 31.9 Å². The van der Waals surface area contributed by atoms with Crippen molar-refractivity contribution in [2.24, 2.45) is 0 Å². The Labute approximate surface area is 119 Å². The van der Waals surface area contributed by atoms with Gasteiger partial charge in [0.15, 0.2) is 0 Å². The van der Waals surface area contributed by atoms with E-state index in [-0.39, 0.29) is 11.5 Å². The SMILES string of the molecule is COc1ccc(C(=O)N2CCCC(C)(OC)C2)c(N)c1. The molecule has 1 fully saturated rings. The van der Waals surface area contributed by atoms with Gasteiger partial charge in [0, 0.05) is 32.0 Å². The van der Waals surface area contributed by atoms with Crippen molar-refractivity contribution in [1.82, 2.24) is 4.90 Å². The highest BCUT2D eigenvalue weighted by Crippen LogP contribution is 2.27. The Bertz CT molecular complexity index is 504. The van der Waals surface area contributed by atoms with Crippen molar-refractivity contribution in [3.05, 3.63) is 23.8 Å². The molecule has 0 radical (unpaired) electrons. The number of piperidine rings is 1. The quantitative estimate of drug-likeness (QED) is 0.858. The van der Waals surface area contributed by atoms with E-state index < -0.39 is 0 Å². The van der Waals surface area contributed by atoms with E-state index >= 15 is 0 Å².